The predicted molar refractivity (Wildman–Crippen MR) is 101 cm³/mol. The van der Waals surface area contributed by atoms with Crippen molar-refractivity contribution in [3.05, 3.63) is 70.3 Å². The van der Waals surface area contributed by atoms with Crippen LogP contribution in [0.25, 0.3) is 5.76 Å². The Labute approximate surface area is 161 Å². The zero-order valence-electron chi connectivity index (χ0n) is 14.6. The van der Waals surface area contributed by atoms with Gasteiger partial charge in [0.25, 0.3) is 11.7 Å². The van der Waals surface area contributed by atoms with E-state index in [1.165, 1.54) is 12.0 Å². The summed E-state index contributed by atoms with van der Waals surface area (Å²) in [5.74, 6) is -1.22. The van der Waals surface area contributed by atoms with E-state index in [0.717, 1.165) is 0 Å². The third-order valence-corrected chi connectivity index (χ3v) is 4.68. The van der Waals surface area contributed by atoms with Crippen LogP contribution in [0.15, 0.2) is 54.1 Å². The molecular weight excluding hydrogens is 370 g/mol. The molecule has 2 aromatic carbocycles. The molecule has 1 aliphatic heterocycles. The van der Waals surface area contributed by atoms with Gasteiger partial charge in [-0.15, -0.1) is 0 Å². The third-order valence-electron chi connectivity index (χ3n) is 4.43. The minimum Gasteiger partial charge on any atom is -0.507 e. The number of rotatable bonds is 5. The number of hydrogen-bond donors (Lipinski definition) is 2. The van der Waals surface area contributed by atoms with Crippen molar-refractivity contribution in [2.24, 2.45) is 0 Å². The molecule has 1 heterocycles. The minimum absolute atomic E-state index is 0.0269. The molecule has 0 saturated carbocycles. The van der Waals surface area contributed by atoms with E-state index in [9.17, 15) is 19.8 Å². The van der Waals surface area contributed by atoms with Gasteiger partial charge in [-0.1, -0.05) is 23.7 Å². The predicted octanol–water partition coefficient (Wildman–Crippen LogP) is 2.76. The number of hydrogen-bond acceptors (Lipinski definition) is 5. The fourth-order valence-electron chi connectivity index (χ4n) is 3.11. The molecule has 0 spiro atoms. The third kappa shape index (κ3) is 3.54. The lowest BCUT2D eigenvalue weighted by Gasteiger charge is -2.24. The summed E-state index contributed by atoms with van der Waals surface area (Å²) < 4.78 is 5.14. The molecule has 140 valence electrons. The molecule has 6 nitrogen and oxygen atoms in total. The highest BCUT2D eigenvalue weighted by Gasteiger charge is 2.45. The number of likely N-dealkylation sites (tertiary alicyclic amines) is 1. The van der Waals surface area contributed by atoms with Crippen LogP contribution in [-0.2, 0) is 9.59 Å². The summed E-state index contributed by atoms with van der Waals surface area (Å²) in [5.41, 5.74) is 0.972. The number of aliphatic hydroxyl groups excluding tert-OH is 2. The van der Waals surface area contributed by atoms with Crippen LogP contribution >= 0.6 is 11.6 Å². The largest absolute Gasteiger partial charge is 0.507 e. The van der Waals surface area contributed by atoms with Gasteiger partial charge in [-0.25, -0.2) is 0 Å². The Morgan fingerprint density at radius 1 is 1.11 bits per heavy atom. The highest BCUT2D eigenvalue weighted by molar-refractivity contribution is 6.46. The van der Waals surface area contributed by atoms with Crippen LogP contribution in [0.3, 0.4) is 0 Å². The average molecular weight is 388 g/mol. The van der Waals surface area contributed by atoms with Gasteiger partial charge in [-0.3, -0.25) is 9.59 Å². The average Bonchev–Trinajstić information content (AvgIpc) is 2.93. The summed E-state index contributed by atoms with van der Waals surface area (Å²) in [6, 6.07) is 12.4. The van der Waals surface area contributed by atoms with Gasteiger partial charge in [-0.2, -0.15) is 0 Å². The summed E-state index contributed by atoms with van der Waals surface area (Å²) in [5, 5.41) is 20.6. The zero-order chi connectivity index (χ0) is 19.6. The fourth-order valence-corrected chi connectivity index (χ4v) is 3.24. The molecule has 1 amide bonds. The van der Waals surface area contributed by atoms with Crippen molar-refractivity contribution < 1.29 is 24.5 Å². The van der Waals surface area contributed by atoms with Crippen LogP contribution in [0, 0.1) is 0 Å². The lowest BCUT2D eigenvalue weighted by Crippen LogP contribution is -2.32. The van der Waals surface area contributed by atoms with Gasteiger partial charge >= 0.3 is 0 Å². The highest BCUT2D eigenvalue weighted by atomic mass is 35.5. The second-order valence-electron chi connectivity index (χ2n) is 6.00. The summed E-state index contributed by atoms with van der Waals surface area (Å²) in [6.07, 6.45) is 0. The number of carbonyl (C=O) groups excluding carboxylic acids is 2. The Kier molecular flexibility index (Phi) is 5.48. The topological polar surface area (TPSA) is 87.1 Å². The quantitative estimate of drug-likeness (QED) is 0.468. The van der Waals surface area contributed by atoms with Crippen LogP contribution in [0.2, 0.25) is 5.02 Å². The summed E-state index contributed by atoms with van der Waals surface area (Å²) in [6.45, 7) is -0.334. The van der Waals surface area contributed by atoms with E-state index in [4.69, 9.17) is 16.3 Å². The van der Waals surface area contributed by atoms with Crippen molar-refractivity contribution in [2.45, 2.75) is 6.04 Å². The Bertz CT molecular complexity index is 890. The molecule has 3 rings (SSSR count). The first-order valence-corrected chi connectivity index (χ1v) is 8.65. The number of amides is 1. The van der Waals surface area contributed by atoms with Crippen molar-refractivity contribution in [2.75, 3.05) is 20.3 Å². The second-order valence-corrected chi connectivity index (χ2v) is 6.43. The van der Waals surface area contributed by atoms with Crippen molar-refractivity contribution in [1.82, 2.24) is 4.90 Å². The zero-order valence-corrected chi connectivity index (χ0v) is 15.3. The molecule has 0 unspecified atom stereocenters. The lowest BCUT2D eigenvalue weighted by atomic mass is 9.95. The Morgan fingerprint density at radius 2 is 1.74 bits per heavy atom. The fraction of sp³-hybridized carbons (Fsp3) is 0.200. The number of carbonyl (C=O) groups is 2. The maximum Gasteiger partial charge on any atom is 0.295 e. The number of nitrogens with zero attached hydrogens (tertiary/aromatic N) is 1. The van der Waals surface area contributed by atoms with E-state index in [1.807, 2.05) is 0 Å². The second kappa shape index (κ2) is 7.82. The Morgan fingerprint density at radius 3 is 2.30 bits per heavy atom. The van der Waals surface area contributed by atoms with Gasteiger partial charge in [0.05, 0.1) is 25.3 Å². The summed E-state index contributed by atoms with van der Waals surface area (Å²) >= 11 is 5.88. The lowest BCUT2D eigenvalue weighted by molar-refractivity contribution is -0.140. The smallest absolute Gasteiger partial charge is 0.295 e. The molecular formula is C20H18ClNO5. The van der Waals surface area contributed by atoms with E-state index >= 15 is 0 Å². The maximum absolute atomic E-state index is 12.6. The summed E-state index contributed by atoms with van der Waals surface area (Å²) in [4.78, 5) is 26.4. The first-order valence-electron chi connectivity index (χ1n) is 8.27. The molecule has 2 N–H and O–H groups in total. The van der Waals surface area contributed by atoms with Crippen LogP contribution < -0.4 is 4.74 Å². The van der Waals surface area contributed by atoms with E-state index in [1.54, 1.807) is 48.5 Å². The van der Waals surface area contributed by atoms with E-state index in [2.05, 4.69) is 0 Å². The molecule has 7 heteroatoms. The van der Waals surface area contributed by atoms with Crippen LogP contribution in [-0.4, -0.2) is 47.1 Å². The molecule has 0 aliphatic carbocycles. The number of ether oxygens (including phenoxy) is 1. The Hall–Kier alpha value is -2.83. The molecule has 1 fully saturated rings. The summed E-state index contributed by atoms with van der Waals surface area (Å²) in [7, 11) is 1.54. The first kappa shape index (κ1) is 18.9. The van der Waals surface area contributed by atoms with Gasteiger partial charge in [-0.05, 0) is 42.0 Å². The van der Waals surface area contributed by atoms with Gasteiger partial charge < -0.3 is 19.8 Å². The molecule has 1 atom stereocenters. The van der Waals surface area contributed by atoms with Gasteiger partial charge in [0.1, 0.15) is 11.5 Å². The van der Waals surface area contributed by atoms with Crippen LogP contribution in [0.5, 0.6) is 5.75 Å². The van der Waals surface area contributed by atoms with Crippen LogP contribution in [0.4, 0.5) is 0 Å². The number of methoxy groups -OCH3 is 1. The number of halogens is 1. The number of Topliss-reactive ketones (excluding diaryl/α,β-unsaturated/α-hetero) is 1. The van der Waals surface area contributed by atoms with Crippen molar-refractivity contribution in [3.8, 4) is 5.75 Å². The van der Waals surface area contributed by atoms with Gasteiger partial charge in [0, 0.05) is 17.1 Å². The molecule has 2 aromatic rings. The standard InChI is InChI=1S/C20H18ClNO5/c1-27-15-8-4-12(5-9-15)17-16(19(25)20(26)22(17)10-11-23)18(24)13-2-6-14(21)7-3-13/h2-9,17,23-24H,10-11H2,1H3/b18-16+/t17-/m0/s1. The SMILES string of the molecule is COc1ccc([C@H]2/C(=C(\O)c3ccc(Cl)cc3)C(=O)C(=O)N2CCO)cc1. The van der Waals surface area contributed by atoms with Gasteiger partial charge in [0.15, 0.2) is 0 Å². The molecule has 0 aromatic heterocycles. The normalized spacial score (nSPS) is 18.8. The van der Waals surface area contributed by atoms with Gasteiger partial charge in [0.2, 0.25) is 0 Å². The number of ketones is 1. The highest BCUT2D eigenvalue weighted by Crippen LogP contribution is 2.39. The molecule has 0 radical (unpaired) electrons. The molecule has 1 aliphatic rings. The number of benzene rings is 2. The number of β-amino-alcohol motifs (C(OH)–C–C–N with tert-alkyl or cyclic N) is 1. The monoisotopic (exact) mass is 387 g/mol. The Balaban J connectivity index is 2.15. The first-order chi connectivity index (χ1) is 13.0. The molecule has 27 heavy (non-hydrogen) atoms. The van der Waals surface area contributed by atoms with Crippen molar-refractivity contribution >= 4 is 29.1 Å². The van der Waals surface area contributed by atoms with Crippen molar-refractivity contribution in [1.29, 1.82) is 0 Å². The van der Waals surface area contributed by atoms with Crippen molar-refractivity contribution in [3.63, 3.8) is 0 Å². The molecule has 0 bridgehead atoms. The maximum atomic E-state index is 12.6. The van der Waals surface area contributed by atoms with E-state index in [0.29, 0.717) is 21.9 Å². The van der Waals surface area contributed by atoms with Crippen LogP contribution in [0.1, 0.15) is 17.2 Å². The van der Waals surface area contributed by atoms with E-state index < -0.39 is 17.7 Å². The molecule has 1 saturated heterocycles. The van der Waals surface area contributed by atoms with E-state index in [-0.39, 0.29) is 24.5 Å². The number of aliphatic hydroxyl groups is 2. The minimum atomic E-state index is -0.807.